The molecule has 1 aromatic carbocycles. The summed E-state index contributed by atoms with van der Waals surface area (Å²) in [5.41, 5.74) is 2.13. The van der Waals surface area contributed by atoms with E-state index in [1.54, 1.807) is 36.7 Å². The lowest BCUT2D eigenvalue weighted by Gasteiger charge is -2.07. The summed E-state index contributed by atoms with van der Waals surface area (Å²) in [5, 5.41) is 14.1. The zero-order chi connectivity index (χ0) is 13.5. The van der Waals surface area contributed by atoms with Gasteiger partial charge in [-0.3, -0.25) is 4.98 Å². The van der Waals surface area contributed by atoms with Crippen LogP contribution in [0.25, 0.3) is 0 Å². The van der Waals surface area contributed by atoms with Crippen molar-refractivity contribution < 1.29 is 4.79 Å². The van der Waals surface area contributed by atoms with Crippen LogP contribution >= 0.6 is 0 Å². The highest BCUT2D eigenvalue weighted by Crippen LogP contribution is 2.08. The van der Waals surface area contributed by atoms with Gasteiger partial charge < -0.3 is 10.6 Å². The van der Waals surface area contributed by atoms with Crippen LogP contribution in [0, 0.1) is 11.3 Å². The van der Waals surface area contributed by atoms with E-state index in [4.69, 9.17) is 5.26 Å². The van der Waals surface area contributed by atoms with Crippen LogP contribution in [0.4, 0.5) is 10.5 Å². The number of hydrogen-bond donors (Lipinski definition) is 2. The molecule has 0 aliphatic rings. The number of benzene rings is 1. The largest absolute Gasteiger partial charge is 0.334 e. The van der Waals surface area contributed by atoms with E-state index in [0.29, 0.717) is 17.8 Å². The van der Waals surface area contributed by atoms with Crippen molar-refractivity contribution in [3.8, 4) is 6.07 Å². The van der Waals surface area contributed by atoms with Crippen LogP contribution in [0.2, 0.25) is 0 Å². The first-order valence-corrected chi connectivity index (χ1v) is 5.72. The highest BCUT2D eigenvalue weighted by molar-refractivity contribution is 5.89. The molecule has 5 nitrogen and oxygen atoms in total. The van der Waals surface area contributed by atoms with Gasteiger partial charge in [0.1, 0.15) is 0 Å². The average Bonchev–Trinajstić information content (AvgIpc) is 2.47. The minimum Gasteiger partial charge on any atom is -0.334 e. The average molecular weight is 252 g/mol. The highest BCUT2D eigenvalue weighted by Gasteiger charge is 2.01. The second-order valence-electron chi connectivity index (χ2n) is 3.86. The predicted octanol–water partition coefficient (Wildman–Crippen LogP) is 2.27. The number of rotatable bonds is 3. The fourth-order valence-corrected chi connectivity index (χ4v) is 1.49. The molecule has 2 rings (SSSR count). The molecule has 94 valence electrons. The molecular weight excluding hydrogens is 240 g/mol. The maximum Gasteiger partial charge on any atom is 0.319 e. The van der Waals surface area contributed by atoms with E-state index in [1.807, 2.05) is 18.2 Å². The normalized spacial score (nSPS) is 9.42. The van der Waals surface area contributed by atoms with E-state index in [0.717, 1.165) is 5.56 Å². The molecule has 0 aliphatic heterocycles. The van der Waals surface area contributed by atoms with Crippen LogP contribution in [-0.2, 0) is 6.54 Å². The Morgan fingerprint density at radius 2 is 2.05 bits per heavy atom. The standard InChI is InChI=1S/C14H12N4O/c15-8-11-3-5-13(6-4-11)18-14(19)17-10-12-2-1-7-16-9-12/h1-7,9H,10H2,(H2,17,18,19). The number of nitrogens with one attached hydrogen (secondary N) is 2. The Labute approximate surface area is 110 Å². The lowest BCUT2D eigenvalue weighted by molar-refractivity contribution is 0.251. The van der Waals surface area contributed by atoms with E-state index in [9.17, 15) is 4.79 Å². The number of hydrogen-bond acceptors (Lipinski definition) is 3. The maximum atomic E-state index is 11.6. The number of amides is 2. The molecule has 5 heteroatoms. The molecule has 1 heterocycles. The summed E-state index contributed by atoms with van der Waals surface area (Å²) in [5.74, 6) is 0. The van der Waals surface area contributed by atoms with E-state index >= 15 is 0 Å². The molecule has 2 amide bonds. The molecule has 19 heavy (non-hydrogen) atoms. The Bertz CT molecular complexity index is 587. The van der Waals surface area contributed by atoms with Gasteiger partial charge in [0.25, 0.3) is 0 Å². The summed E-state index contributed by atoms with van der Waals surface area (Å²) >= 11 is 0. The van der Waals surface area contributed by atoms with Crippen LogP contribution < -0.4 is 10.6 Å². The maximum absolute atomic E-state index is 11.6. The monoisotopic (exact) mass is 252 g/mol. The zero-order valence-corrected chi connectivity index (χ0v) is 10.1. The van der Waals surface area contributed by atoms with Gasteiger partial charge in [0.15, 0.2) is 0 Å². The van der Waals surface area contributed by atoms with Crippen LogP contribution in [-0.4, -0.2) is 11.0 Å². The summed E-state index contributed by atoms with van der Waals surface area (Å²) < 4.78 is 0. The van der Waals surface area contributed by atoms with Crippen molar-refractivity contribution in [2.75, 3.05) is 5.32 Å². The number of urea groups is 1. The van der Waals surface area contributed by atoms with Crippen molar-refractivity contribution >= 4 is 11.7 Å². The molecule has 0 saturated carbocycles. The number of nitrogens with zero attached hydrogens (tertiary/aromatic N) is 2. The minimum absolute atomic E-state index is 0.298. The van der Waals surface area contributed by atoms with Gasteiger partial charge >= 0.3 is 6.03 Å². The van der Waals surface area contributed by atoms with Crippen molar-refractivity contribution in [1.29, 1.82) is 5.26 Å². The van der Waals surface area contributed by atoms with Crippen LogP contribution in [0.15, 0.2) is 48.8 Å². The number of pyridine rings is 1. The van der Waals surface area contributed by atoms with Crippen molar-refractivity contribution in [3.63, 3.8) is 0 Å². The van der Waals surface area contributed by atoms with Gasteiger partial charge in [-0.05, 0) is 35.9 Å². The Morgan fingerprint density at radius 1 is 1.26 bits per heavy atom. The van der Waals surface area contributed by atoms with E-state index in [2.05, 4.69) is 15.6 Å². The third-order valence-electron chi connectivity index (χ3n) is 2.45. The van der Waals surface area contributed by atoms with Gasteiger partial charge in [-0.1, -0.05) is 6.07 Å². The number of carbonyl (C=O) groups is 1. The van der Waals surface area contributed by atoms with Gasteiger partial charge in [0.2, 0.25) is 0 Å². The molecule has 0 unspecified atom stereocenters. The molecule has 2 N–H and O–H groups in total. The molecular formula is C14H12N4O. The number of carbonyl (C=O) groups excluding carboxylic acids is 1. The molecule has 0 aliphatic carbocycles. The molecule has 0 fully saturated rings. The Balaban J connectivity index is 1.86. The Kier molecular flexibility index (Phi) is 4.09. The van der Waals surface area contributed by atoms with Gasteiger partial charge in [-0.15, -0.1) is 0 Å². The smallest absolute Gasteiger partial charge is 0.319 e. The first-order chi connectivity index (χ1) is 9.28. The zero-order valence-electron chi connectivity index (χ0n) is 10.1. The minimum atomic E-state index is -0.298. The third kappa shape index (κ3) is 3.82. The highest BCUT2D eigenvalue weighted by atomic mass is 16.2. The number of nitriles is 1. The Hall–Kier alpha value is -2.87. The lowest BCUT2D eigenvalue weighted by Crippen LogP contribution is -2.28. The van der Waals surface area contributed by atoms with Crippen LogP contribution in [0.3, 0.4) is 0 Å². The fraction of sp³-hybridized carbons (Fsp3) is 0.0714. The van der Waals surface area contributed by atoms with Gasteiger partial charge in [0, 0.05) is 24.6 Å². The van der Waals surface area contributed by atoms with Gasteiger partial charge in [0.05, 0.1) is 11.6 Å². The summed E-state index contributed by atoms with van der Waals surface area (Å²) in [6, 6.07) is 12.1. The van der Waals surface area contributed by atoms with E-state index < -0.39 is 0 Å². The molecule has 0 saturated heterocycles. The van der Waals surface area contributed by atoms with Crippen molar-refractivity contribution in [1.82, 2.24) is 10.3 Å². The van der Waals surface area contributed by atoms with Crippen LogP contribution in [0.1, 0.15) is 11.1 Å². The SMILES string of the molecule is N#Cc1ccc(NC(=O)NCc2cccnc2)cc1. The molecule has 1 aromatic heterocycles. The Morgan fingerprint density at radius 3 is 2.68 bits per heavy atom. The topological polar surface area (TPSA) is 77.8 Å². The van der Waals surface area contributed by atoms with Gasteiger partial charge in [-0.25, -0.2) is 4.79 Å². The molecule has 0 radical (unpaired) electrons. The molecule has 0 atom stereocenters. The van der Waals surface area contributed by atoms with E-state index in [1.165, 1.54) is 0 Å². The first kappa shape index (κ1) is 12.6. The van der Waals surface area contributed by atoms with Crippen molar-refractivity contribution in [2.24, 2.45) is 0 Å². The van der Waals surface area contributed by atoms with Crippen molar-refractivity contribution in [2.45, 2.75) is 6.54 Å². The molecule has 0 bridgehead atoms. The molecule has 0 spiro atoms. The summed E-state index contributed by atoms with van der Waals surface area (Å²) in [7, 11) is 0. The first-order valence-electron chi connectivity index (χ1n) is 5.72. The summed E-state index contributed by atoms with van der Waals surface area (Å²) in [6.45, 7) is 0.413. The third-order valence-corrected chi connectivity index (χ3v) is 2.45. The second kappa shape index (κ2) is 6.17. The van der Waals surface area contributed by atoms with Crippen molar-refractivity contribution in [3.05, 3.63) is 59.9 Å². The van der Waals surface area contributed by atoms with Crippen LogP contribution in [0.5, 0.6) is 0 Å². The number of anilines is 1. The lowest BCUT2D eigenvalue weighted by atomic mass is 10.2. The summed E-state index contributed by atoms with van der Waals surface area (Å²) in [4.78, 5) is 15.6. The van der Waals surface area contributed by atoms with E-state index in [-0.39, 0.29) is 6.03 Å². The summed E-state index contributed by atoms with van der Waals surface area (Å²) in [6.07, 6.45) is 3.38. The second-order valence-corrected chi connectivity index (χ2v) is 3.86. The predicted molar refractivity (Wildman–Crippen MR) is 71.3 cm³/mol. The number of aromatic nitrogens is 1. The van der Waals surface area contributed by atoms with Gasteiger partial charge in [-0.2, -0.15) is 5.26 Å². The quantitative estimate of drug-likeness (QED) is 0.879. The fourth-order valence-electron chi connectivity index (χ4n) is 1.49. The molecule has 2 aromatic rings.